The van der Waals surface area contributed by atoms with Crippen LogP contribution in [0.2, 0.25) is 0 Å². The third-order valence-corrected chi connectivity index (χ3v) is 2.89. The van der Waals surface area contributed by atoms with Crippen molar-refractivity contribution in [1.82, 2.24) is 15.0 Å². The van der Waals surface area contributed by atoms with E-state index in [1.165, 1.54) is 25.2 Å². The van der Waals surface area contributed by atoms with Gasteiger partial charge >= 0.3 is 0 Å². The summed E-state index contributed by atoms with van der Waals surface area (Å²) >= 11 is 1.45. The van der Waals surface area contributed by atoms with E-state index in [0.717, 1.165) is 4.90 Å². The summed E-state index contributed by atoms with van der Waals surface area (Å²) in [6.45, 7) is 0. The standard InChI is InChI=1S/C10H10N4OS/c1-15-9-8(11)10(14-6-13-9)16-7-2-4-12-5-3-7/h2-6H,11H2,1H3. The first-order chi connectivity index (χ1) is 7.81. The molecule has 5 nitrogen and oxygen atoms in total. The van der Waals surface area contributed by atoms with Crippen LogP contribution in [0.3, 0.4) is 0 Å². The summed E-state index contributed by atoms with van der Waals surface area (Å²) in [6.07, 6.45) is 4.87. The van der Waals surface area contributed by atoms with Gasteiger partial charge < -0.3 is 10.5 Å². The average molecular weight is 234 g/mol. The van der Waals surface area contributed by atoms with Gasteiger partial charge in [-0.2, -0.15) is 4.98 Å². The molecule has 0 fully saturated rings. The SMILES string of the molecule is COc1ncnc(Sc2ccncc2)c1N. The number of ether oxygens (including phenoxy) is 1. The van der Waals surface area contributed by atoms with Crippen LogP contribution in [0.4, 0.5) is 5.69 Å². The van der Waals surface area contributed by atoms with Crippen LogP contribution in [0.5, 0.6) is 5.88 Å². The van der Waals surface area contributed by atoms with Gasteiger partial charge in [0, 0.05) is 17.3 Å². The molecule has 0 aliphatic carbocycles. The summed E-state index contributed by atoms with van der Waals surface area (Å²) in [7, 11) is 1.53. The third-order valence-electron chi connectivity index (χ3n) is 1.87. The highest BCUT2D eigenvalue weighted by Crippen LogP contribution is 2.33. The zero-order valence-corrected chi connectivity index (χ0v) is 9.44. The van der Waals surface area contributed by atoms with E-state index < -0.39 is 0 Å². The Balaban J connectivity index is 2.28. The van der Waals surface area contributed by atoms with E-state index >= 15 is 0 Å². The first kappa shape index (κ1) is 10.7. The molecule has 0 spiro atoms. The van der Waals surface area contributed by atoms with E-state index in [0.29, 0.717) is 16.6 Å². The van der Waals surface area contributed by atoms with Crippen molar-refractivity contribution in [2.75, 3.05) is 12.8 Å². The van der Waals surface area contributed by atoms with Crippen molar-refractivity contribution in [2.24, 2.45) is 0 Å². The van der Waals surface area contributed by atoms with Crippen molar-refractivity contribution >= 4 is 17.4 Å². The summed E-state index contributed by atoms with van der Waals surface area (Å²) in [4.78, 5) is 13.0. The predicted octanol–water partition coefficient (Wildman–Crippen LogP) is 1.61. The number of nitrogen functional groups attached to an aromatic ring is 1. The Morgan fingerprint density at radius 3 is 2.69 bits per heavy atom. The molecule has 0 radical (unpaired) electrons. The minimum Gasteiger partial charge on any atom is -0.479 e. The molecule has 0 bridgehead atoms. The maximum absolute atomic E-state index is 5.86. The molecule has 2 aromatic heterocycles. The Bertz CT molecular complexity index is 478. The van der Waals surface area contributed by atoms with Crippen molar-refractivity contribution < 1.29 is 4.74 Å². The molecule has 2 heterocycles. The topological polar surface area (TPSA) is 73.9 Å². The van der Waals surface area contributed by atoms with E-state index in [4.69, 9.17) is 10.5 Å². The zero-order chi connectivity index (χ0) is 11.4. The van der Waals surface area contributed by atoms with Crippen LogP contribution >= 0.6 is 11.8 Å². The van der Waals surface area contributed by atoms with Gasteiger partial charge in [-0.25, -0.2) is 4.98 Å². The second kappa shape index (κ2) is 4.80. The number of anilines is 1. The fourth-order valence-corrected chi connectivity index (χ4v) is 1.90. The number of methoxy groups -OCH3 is 1. The Morgan fingerprint density at radius 2 is 2.00 bits per heavy atom. The Morgan fingerprint density at radius 1 is 1.25 bits per heavy atom. The number of hydrogen-bond donors (Lipinski definition) is 1. The Labute approximate surface area is 97.1 Å². The van der Waals surface area contributed by atoms with Crippen molar-refractivity contribution in [3.05, 3.63) is 30.9 Å². The summed E-state index contributed by atoms with van der Waals surface area (Å²) < 4.78 is 5.02. The van der Waals surface area contributed by atoms with Gasteiger partial charge in [0.1, 0.15) is 17.0 Å². The molecule has 16 heavy (non-hydrogen) atoms. The van der Waals surface area contributed by atoms with Crippen LogP contribution in [-0.4, -0.2) is 22.1 Å². The van der Waals surface area contributed by atoms with E-state index in [1.807, 2.05) is 12.1 Å². The Hall–Kier alpha value is -1.82. The first-order valence-electron chi connectivity index (χ1n) is 4.53. The molecule has 0 unspecified atom stereocenters. The molecular formula is C10H10N4OS. The largest absolute Gasteiger partial charge is 0.479 e. The van der Waals surface area contributed by atoms with E-state index in [2.05, 4.69) is 15.0 Å². The van der Waals surface area contributed by atoms with E-state index in [9.17, 15) is 0 Å². The monoisotopic (exact) mass is 234 g/mol. The van der Waals surface area contributed by atoms with Crippen molar-refractivity contribution in [3.8, 4) is 5.88 Å². The van der Waals surface area contributed by atoms with Gasteiger partial charge in [-0.15, -0.1) is 0 Å². The molecular weight excluding hydrogens is 224 g/mol. The molecule has 6 heteroatoms. The minimum atomic E-state index is 0.395. The van der Waals surface area contributed by atoms with Gasteiger partial charge in [0.2, 0.25) is 5.88 Å². The highest BCUT2D eigenvalue weighted by atomic mass is 32.2. The quantitative estimate of drug-likeness (QED) is 0.813. The highest BCUT2D eigenvalue weighted by molar-refractivity contribution is 7.99. The van der Waals surface area contributed by atoms with Gasteiger partial charge in [0.05, 0.1) is 7.11 Å². The van der Waals surface area contributed by atoms with E-state index in [1.54, 1.807) is 12.4 Å². The number of aromatic nitrogens is 3. The summed E-state index contributed by atoms with van der Waals surface area (Å²) in [6, 6.07) is 3.78. The molecule has 2 rings (SSSR count). The minimum absolute atomic E-state index is 0.395. The van der Waals surface area contributed by atoms with Gasteiger partial charge in [-0.3, -0.25) is 4.98 Å². The van der Waals surface area contributed by atoms with E-state index in [-0.39, 0.29) is 0 Å². The number of rotatable bonds is 3. The lowest BCUT2D eigenvalue weighted by molar-refractivity contribution is 0.397. The second-order valence-corrected chi connectivity index (χ2v) is 3.95. The van der Waals surface area contributed by atoms with Crippen molar-refractivity contribution in [2.45, 2.75) is 9.92 Å². The van der Waals surface area contributed by atoms with Crippen LogP contribution < -0.4 is 10.5 Å². The normalized spacial score (nSPS) is 10.1. The third kappa shape index (κ3) is 2.22. The summed E-state index contributed by atoms with van der Waals surface area (Å²) in [5, 5.41) is 0.679. The van der Waals surface area contributed by atoms with Crippen LogP contribution in [0.15, 0.2) is 40.8 Å². The molecule has 0 saturated heterocycles. The maximum atomic E-state index is 5.86. The van der Waals surface area contributed by atoms with Crippen molar-refractivity contribution in [3.63, 3.8) is 0 Å². The number of nitrogens with zero attached hydrogens (tertiary/aromatic N) is 3. The molecule has 0 amide bonds. The van der Waals surface area contributed by atoms with Gasteiger partial charge in [0.25, 0.3) is 0 Å². The maximum Gasteiger partial charge on any atom is 0.241 e. The smallest absolute Gasteiger partial charge is 0.241 e. The number of hydrogen-bond acceptors (Lipinski definition) is 6. The molecule has 0 aromatic carbocycles. The molecule has 2 N–H and O–H groups in total. The highest BCUT2D eigenvalue weighted by Gasteiger charge is 2.09. The van der Waals surface area contributed by atoms with Crippen LogP contribution in [0, 0.1) is 0 Å². The van der Waals surface area contributed by atoms with Crippen LogP contribution in [-0.2, 0) is 0 Å². The lowest BCUT2D eigenvalue weighted by Crippen LogP contribution is -1.98. The lowest BCUT2D eigenvalue weighted by Gasteiger charge is -2.06. The fraction of sp³-hybridized carbons (Fsp3) is 0.100. The average Bonchev–Trinajstić information content (AvgIpc) is 2.33. The number of nitrogens with two attached hydrogens (primary N) is 1. The lowest BCUT2D eigenvalue weighted by atomic mass is 10.5. The molecule has 0 aliphatic heterocycles. The molecule has 82 valence electrons. The summed E-state index contributed by atoms with van der Waals surface area (Å²) in [5.74, 6) is 0.395. The molecule has 2 aromatic rings. The zero-order valence-electron chi connectivity index (χ0n) is 8.62. The summed E-state index contributed by atoms with van der Waals surface area (Å²) in [5.41, 5.74) is 6.31. The van der Waals surface area contributed by atoms with Crippen molar-refractivity contribution in [1.29, 1.82) is 0 Å². The Kier molecular flexibility index (Phi) is 3.21. The predicted molar refractivity (Wildman–Crippen MR) is 61.4 cm³/mol. The van der Waals surface area contributed by atoms with Gasteiger partial charge in [0.15, 0.2) is 0 Å². The van der Waals surface area contributed by atoms with Crippen LogP contribution in [0.25, 0.3) is 0 Å². The fourth-order valence-electron chi connectivity index (χ4n) is 1.13. The first-order valence-corrected chi connectivity index (χ1v) is 5.35. The van der Waals surface area contributed by atoms with Gasteiger partial charge in [-0.1, -0.05) is 11.8 Å². The molecule has 0 atom stereocenters. The molecule has 0 aliphatic rings. The second-order valence-electron chi connectivity index (χ2n) is 2.89. The van der Waals surface area contributed by atoms with Gasteiger partial charge in [-0.05, 0) is 12.1 Å². The molecule has 0 saturated carbocycles. The number of pyridine rings is 1. The van der Waals surface area contributed by atoms with Crippen LogP contribution in [0.1, 0.15) is 0 Å².